The molecule has 0 heterocycles. The minimum atomic E-state index is -0.246. The molecule has 0 aliphatic carbocycles. The molecule has 0 spiro atoms. The molecule has 12 heavy (non-hydrogen) atoms. The Morgan fingerprint density at radius 1 is 1.50 bits per heavy atom. The maximum atomic E-state index is 10.5. The van der Waals surface area contributed by atoms with Crippen LogP contribution in [0.4, 0.5) is 0 Å². The lowest BCUT2D eigenvalue weighted by atomic mass is 10.1. The number of amides is 1. The summed E-state index contributed by atoms with van der Waals surface area (Å²) in [5.41, 5.74) is 6.19. The SMILES string of the molecule is NC(=O)CCc1cccc(P)c1. The normalized spacial score (nSPS) is 9.75. The van der Waals surface area contributed by atoms with Crippen molar-refractivity contribution in [2.45, 2.75) is 12.8 Å². The molecule has 0 saturated carbocycles. The van der Waals surface area contributed by atoms with E-state index in [0.29, 0.717) is 6.42 Å². The van der Waals surface area contributed by atoms with E-state index in [4.69, 9.17) is 5.73 Å². The van der Waals surface area contributed by atoms with Gasteiger partial charge in [-0.1, -0.05) is 24.3 Å². The fraction of sp³-hybridized carbons (Fsp3) is 0.222. The second-order valence-electron chi connectivity index (χ2n) is 2.71. The predicted octanol–water partition coefficient (Wildman–Crippen LogP) is 0.605. The summed E-state index contributed by atoms with van der Waals surface area (Å²) in [6, 6.07) is 8.00. The van der Waals surface area contributed by atoms with Crippen LogP contribution in [-0.4, -0.2) is 5.91 Å². The van der Waals surface area contributed by atoms with E-state index in [9.17, 15) is 4.79 Å². The van der Waals surface area contributed by atoms with Gasteiger partial charge in [0.25, 0.3) is 0 Å². The largest absolute Gasteiger partial charge is 0.370 e. The van der Waals surface area contributed by atoms with E-state index in [1.807, 2.05) is 24.3 Å². The van der Waals surface area contributed by atoms with Crippen LogP contribution < -0.4 is 11.0 Å². The second-order valence-corrected chi connectivity index (χ2v) is 3.38. The molecule has 2 N–H and O–H groups in total. The summed E-state index contributed by atoms with van der Waals surface area (Å²) in [6.45, 7) is 0. The lowest BCUT2D eigenvalue weighted by molar-refractivity contribution is -0.117. The summed E-state index contributed by atoms with van der Waals surface area (Å²) >= 11 is 0. The van der Waals surface area contributed by atoms with Crippen molar-refractivity contribution in [3.05, 3.63) is 29.8 Å². The first-order chi connectivity index (χ1) is 5.68. The van der Waals surface area contributed by atoms with Gasteiger partial charge in [-0.25, -0.2) is 0 Å². The van der Waals surface area contributed by atoms with E-state index in [1.54, 1.807) is 0 Å². The van der Waals surface area contributed by atoms with Crippen LogP contribution >= 0.6 is 9.24 Å². The van der Waals surface area contributed by atoms with Crippen LogP contribution in [0.15, 0.2) is 24.3 Å². The van der Waals surface area contributed by atoms with E-state index in [2.05, 4.69) is 9.24 Å². The van der Waals surface area contributed by atoms with Gasteiger partial charge in [0, 0.05) is 6.42 Å². The highest BCUT2D eigenvalue weighted by molar-refractivity contribution is 7.27. The zero-order valence-corrected chi connectivity index (χ0v) is 7.94. The third kappa shape index (κ3) is 3.02. The monoisotopic (exact) mass is 181 g/mol. The quantitative estimate of drug-likeness (QED) is 0.682. The number of nitrogens with two attached hydrogens (primary N) is 1. The number of carbonyl (C=O) groups excluding carboxylic acids is 1. The van der Waals surface area contributed by atoms with Gasteiger partial charge in [0.05, 0.1) is 0 Å². The molecule has 2 nitrogen and oxygen atoms in total. The van der Waals surface area contributed by atoms with Crippen LogP contribution in [0.25, 0.3) is 0 Å². The molecule has 0 radical (unpaired) electrons. The van der Waals surface area contributed by atoms with Crippen molar-refractivity contribution in [1.82, 2.24) is 0 Å². The van der Waals surface area contributed by atoms with E-state index < -0.39 is 0 Å². The zero-order valence-electron chi connectivity index (χ0n) is 6.79. The van der Waals surface area contributed by atoms with Gasteiger partial charge in [0.1, 0.15) is 0 Å². The Hall–Kier alpha value is -0.880. The molecule has 0 bridgehead atoms. The summed E-state index contributed by atoms with van der Waals surface area (Å²) in [6.07, 6.45) is 1.16. The molecule has 1 rings (SSSR count). The molecule has 1 unspecified atom stereocenters. The molecule has 0 aliphatic rings. The molecule has 64 valence electrons. The van der Waals surface area contributed by atoms with E-state index in [0.717, 1.165) is 17.3 Å². The summed E-state index contributed by atoms with van der Waals surface area (Å²) in [5, 5.41) is 1.14. The highest BCUT2D eigenvalue weighted by Crippen LogP contribution is 2.02. The number of primary amides is 1. The van der Waals surface area contributed by atoms with Crippen molar-refractivity contribution < 1.29 is 4.79 Å². The fourth-order valence-corrected chi connectivity index (χ4v) is 1.34. The highest BCUT2D eigenvalue weighted by Gasteiger charge is 1.96. The average Bonchev–Trinajstić information content (AvgIpc) is 2.01. The molecule has 0 fully saturated rings. The van der Waals surface area contributed by atoms with Crippen LogP contribution in [-0.2, 0) is 11.2 Å². The number of benzene rings is 1. The van der Waals surface area contributed by atoms with Crippen molar-refractivity contribution in [3.8, 4) is 0 Å². The van der Waals surface area contributed by atoms with E-state index in [-0.39, 0.29) is 5.91 Å². The third-order valence-electron chi connectivity index (χ3n) is 1.61. The van der Waals surface area contributed by atoms with E-state index >= 15 is 0 Å². The maximum Gasteiger partial charge on any atom is 0.217 e. The Labute approximate surface area is 74.4 Å². The van der Waals surface area contributed by atoms with Gasteiger partial charge in [-0.15, -0.1) is 9.24 Å². The van der Waals surface area contributed by atoms with Gasteiger partial charge in [-0.2, -0.15) is 0 Å². The van der Waals surface area contributed by atoms with E-state index in [1.165, 1.54) is 0 Å². The lowest BCUT2D eigenvalue weighted by Crippen LogP contribution is -2.11. The Balaban J connectivity index is 2.57. The molecular formula is C9H12NOP. The lowest BCUT2D eigenvalue weighted by Gasteiger charge is -1.99. The summed E-state index contributed by atoms with van der Waals surface area (Å²) in [4.78, 5) is 10.5. The van der Waals surface area contributed by atoms with Gasteiger partial charge in [-0.05, 0) is 17.3 Å². The standard InChI is InChI=1S/C9H12NOP/c10-9(11)5-4-7-2-1-3-8(12)6-7/h1-3,6H,4-5,12H2,(H2,10,11). The van der Waals surface area contributed by atoms with Gasteiger partial charge >= 0.3 is 0 Å². The molecule has 1 aromatic carbocycles. The summed E-state index contributed by atoms with van der Waals surface area (Å²) < 4.78 is 0. The van der Waals surface area contributed by atoms with Gasteiger partial charge in [0.15, 0.2) is 0 Å². The first kappa shape index (κ1) is 9.21. The third-order valence-corrected chi connectivity index (χ3v) is 1.97. The Kier molecular flexibility index (Phi) is 3.24. The van der Waals surface area contributed by atoms with Gasteiger partial charge < -0.3 is 5.73 Å². The second kappa shape index (κ2) is 4.22. The topological polar surface area (TPSA) is 43.1 Å². The van der Waals surface area contributed by atoms with Crippen molar-refractivity contribution >= 4 is 20.5 Å². The highest BCUT2D eigenvalue weighted by atomic mass is 31.0. The minimum Gasteiger partial charge on any atom is -0.370 e. The van der Waals surface area contributed by atoms with Gasteiger partial charge in [-0.3, -0.25) is 4.79 Å². The number of hydrogen-bond acceptors (Lipinski definition) is 1. The fourth-order valence-electron chi connectivity index (χ4n) is 1.02. The average molecular weight is 181 g/mol. The number of aryl methyl sites for hydroxylation is 1. The molecule has 1 amide bonds. The summed E-state index contributed by atoms with van der Waals surface area (Å²) in [7, 11) is 2.62. The van der Waals surface area contributed by atoms with Crippen molar-refractivity contribution in [2.75, 3.05) is 0 Å². The Morgan fingerprint density at radius 2 is 2.25 bits per heavy atom. The maximum absolute atomic E-state index is 10.5. The van der Waals surface area contributed by atoms with Crippen molar-refractivity contribution in [1.29, 1.82) is 0 Å². The van der Waals surface area contributed by atoms with Crippen molar-refractivity contribution in [3.63, 3.8) is 0 Å². The van der Waals surface area contributed by atoms with Gasteiger partial charge in [0.2, 0.25) is 5.91 Å². The molecule has 0 aromatic heterocycles. The Morgan fingerprint density at radius 3 is 2.83 bits per heavy atom. The molecular weight excluding hydrogens is 169 g/mol. The zero-order chi connectivity index (χ0) is 8.97. The minimum absolute atomic E-state index is 0.246. The smallest absolute Gasteiger partial charge is 0.217 e. The predicted molar refractivity (Wildman–Crippen MR) is 53.3 cm³/mol. The number of rotatable bonds is 3. The Bertz CT molecular complexity index is 286. The van der Waals surface area contributed by atoms with Crippen LogP contribution in [0.1, 0.15) is 12.0 Å². The van der Waals surface area contributed by atoms with Crippen LogP contribution in [0, 0.1) is 0 Å². The summed E-state index contributed by atoms with van der Waals surface area (Å²) in [5.74, 6) is -0.246. The first-order valence-electron chi connectivity index (χ1n) is 3.81. The van der Waals surface area contributed by atoms with Crippen LogP contribution in [0.5, 0.6) is 0 Å². The number of carbonyl (C=O) groups is 1. The number of hydrogen-bond donors (Lipinski definition) is 1. The van der Waals surface area contributed by atoms with Crippen LogP contribution in [0.3, 0.4) is 0 Å². The van der Waals surface area contributed by atoms with Crippen molar-refractivity contribution in [2.24, 2.45) is 5.73 Å². The first-order valence-corrected chi connectivity index (χ1v) is 4.39. The molecule has 0 aliphatic heterocycles. The van der Waals surface area contributed by atoms with Crippen LogP contribution in [0.2, 0.25) is 0 Å². The molecule has 1 atom stereocenters. The molecule has 0 saturated heterocycles. The molecule has 1 aromatic rings. The molecule has 3 heteroatoms.